The van der Waals surface area contributed by atoms with Crippen LogP contribution in [-0.4, -0.2) is 28.3 Å². The Morgan fingerprint density at radius 1 is 1.30 bits per heavy atom. The smallest absolute Gasteiger partial charge is 0.320 e. The Labute approximate surface area is 133 Å². The minimum atomic E-state index is -0.316. The highest BCUT2D eigenvalue weighted by atomic mass is 16.5. The first-order chi connectivity index (χ1) is 11.2. The third-order valence-corrected chi connectivity index (χ3v) is 3.42. The summed E-state index contributed by atoms with van der Waals surface area (Å²) in [4.78, 5) is 16.1. The second kappa shape index (κ2) is 6.35. The molecule has 7 heteroatoms. The number of carbonyl (C=O) groups excluding carboxylic acids is 1. The highest BCUT2D eigenvalue weighted by Crippen LogP contribution is 2.22. The summed E-state index contributed by atoms with van der Waals surface area (Å²) >= 11 is 0. The lowest BCUT2D eigenvalue weighted by atomic mass is 10.1. The Hall–Kier alpha value is -3.09. The van der Waals surface area contributed by atoms with E-state index in [1.165, 1.54) is 5.56 Å². The Bertz CT molecular complexity index is 826. The van der Waals surface area contributed by atoms with Gasteiger partial charge in [0.2, 0.25) is 5.88 Å². The number of H-pyrrole nitrogens is 1. The monoisotopic (exact) mass is 311 g/mol. The molecule has 2 aromatic heterocycles. The predicted molar refractivity (Wildman–Crippen MR) is 87.5 cm³/mol. The van der Waals surface area contributed by atoms with E-state index in [1.807, 2.05) is 31.2 Å². The zero-order valence-corrected chi connectivity index (χ0v) is 12.9. The molecule has 3 aromatic rings. The fourth-order valence-corrected chi connectivity index (χ4v) is 2.16. The molecule has 118 valence electrons. The number of rotatable bonds is 4. The molecule has 0 aliphatic rings. The average Bonchev–Trinajstić information content (AvgIpc) is 2.96. The van der Waals surface area contributed by atoms with Gasteiger partial charge >= 0.3 is 6.03 Å². The molecule has 0 fully saturated rings. The number of anilines is 1. The van der Waals surface area contributed by atoms with Crippen molar-refractivity contribution in [1.82, 2.24) is 20.5 Å². The lowest BCUT2D eigenvalue weighted by molar-refractivity contribution is 0.251. The first-order valence-electron chi connectivity index (χ1n) is 7.14. The van der Waals surface area contributed by atoms with Crippen LogP contribution in [0.4, 0.5) is 10.6 Å². The second-order valence-corrected chi connectivity index (χ2v) is 5.14. The summed E-state index contributed by atoms with van der Waals surface area (Å²) in [6.07, 6.45) is 1.60. The van der Waals surface area contributed by atoms with Crippen molar-refractivity contribution in [2.45, 2.75) is 13.5 Å². The molecule has 0 saturated carbocycles. The molecule has 0 radical (unpaired) electrons. The SMILES string of the molecule is COc1n[nH]c2cc(NC(=O)NCc3ccc(C)cc3)ncc12. The molecule has 0 unspecified atom stereocenters. The van der Waals surface area contributed by atoms with Gasteiger partial charge in [0.15, 0.2) is 0 Å². The van der Waals surface area contributed by atoms with Crippen molar-refractivity contribution >= 4 is 22.8 Å². The van der Waals surface area contributed by atoms with Crippen LogP contribution in [-0.2, 0) is 6.54 Å². The van der Waals surface area contributed by atoms with Crippen LogP contribution in [0.5, 0.6) is 5.88 Å². The van der Waals surface area contributed by atoms with Crippen LogP contribution in [0.1, 0.15) is 11.1 Å². The first kappa shape index (κ1) is 14.8. The molecule has 3 rings (SSSR count). The number of methoxy groups -OCH3 is 1. The van der Waals surface area contributed by atoms with E-state index in [0.29, 0.717) is 18.2 Å². The van der Waals surface area contributed by atoms with Crippen LogP contribution < -0.4 is 15.4 Å². The largest absolute Gasteiger partial charge is 0.479 e. The van der Waals surface area contributed by atoms with Gasteiger partial charge in [-0.1, -0.05) is 29.8 Å². The lowest BCUT2D eigenvalue weighted by Gasteiger charge is -2.07. The quantitative estimate of drug-likeness (QED) is 0.690. The van der Waals surface area contributed by atoms with E-state index < -0.39 is 0 Å². The van der Waals surface area contributed by atoms with Gasteiger partial charge < -0.3 is 10.1 Å². The minimum absolute atomic E-state index is 0.316. The maximum absolute atomic E-state index is 11.9. The molecule has 2 amide bonds. The van der Waals surface area contributed by atoms with E-state index in [9.17, 15) is 4.79 Å². The van der Waals surface area contributed by atoms with Crippen molar-refractivity contribution < 1.29 is 9.53 Å². The summed E-state index contributed by atoms with van der Waals surface area (Å²) in [5.74, 6) is 0.910. The third kappa shape index (κ3) is 3.39. The van der Waals surface area contributed by atoms with Gasteiger partial charge in [0.25, 0.3) is 0 Å². The third-order valence-electron chi connectivity index (χ3n) is 3.42. The lowest BCUT2D eigenvalue weighted by Crippen LogP contribution is -2.28. The predicted octanol–water partition coefficient (Wildman–Crippen LogP) is 2.60. The standard InChI is InChI=1S/C16H17N5O2/c1-10-3-5-11(6-4-10)8-18-16(22)19-14-7-13-12(9-17-14)15(23-2)21-20-13/h3-7,9H,8H2,1-2H3,(H,20,21)(H2,17,18,19,22). The summed E-state index contributed by atoms with van der Waals surface area (Å²) < 4.78 is 5.10. The fraction of sp³-hybridized carbons (Fsp3) is 0.188. The number of pyridine rings is 1. The zero-order chi connectivity index (χ0) is 16.2. The number of urea groups is 1. The van der Waals surface area contributed by atoms with Crippen LogP contribution in [0.2, 0.25) is 0 Å². The van der Waals surface area contributed by atoms with E-state index in [1.54, 1.807) is 19.4 Å². The maximum Gasteiger partial charge on any atom is 0.320 e. The van der Waals surface area contributed by atoms with E-state index in [2.05, 4.69) is 25.8 Å². The van der Waals surface area contributed by atoms with Crippen LogP contribution in [0.15, 0.2) is 36.5 Å². The highest BCUT2D eigenvalue weighted by molar-refractivity contribution is 5.91. The minimum Gasteiger partial charge on any atom is -0.479 e. The number of fused-ring (bicyclic) bond motifs is 1. The topological polar surface area (TPSA) is 91.9 Å². The van der Waals surface area contributed by atoms with Gasteiger partial charge in [-0.2, -0.15) is 0 Å². The highest BCUT2D eigenvalue weighted by Gasteiger charge is 2.09. The number of aromatic amines is 1. The number of ether oxygens (including phenoxy) is 1. The summed E-state index contributed by atoms with van der Waals surface area (Å²) in [6.45, 7) is 2.47. The molecule has 0 atom stereocenters. The van der Waals surface area contributed by atoms with Crippen molar-refractivity contribution in [2.24, 2.45) is 0 Å². The number of aromatic nitrogens is 3. The van der Waals surface area contributed by atoms with Crippen molar-refractivity contribution in [2.75, 3.05) is 12.4 Å². The average molecular weight is 311 g/mol. The molecule has 1 aromatic carbocycles. The molecule has 2 heterocycles. The van der Waals surface area contributed by atoms with Crippen LogP contribution in [0.3, 0.4) is 0 Å². The molecular weight excluding hydrogens is 294 g/mol. The number of hydrogen-bond donors (Lipinski definition) is 3. The summed E-state index contributed by atoms with van der Waals surface area (Å²) in [7, 11) is 1.54. The van der Waals surface area contributed by atoms with Gasteiger partial charge in [0, 0.05) is 18.8 Å². The molecule has 7 nitrogen and oxygen atoms in total. The molecule has 0 aliphatic heterocycles. The molecule has 0 spiro atoms. The molecule has 0 saturated heterocycles. The molecule has 3 N–H and O–H groups in total. The van der Waals surface area contributed by atoms with Gasteiger partial charge in [0.05, 0.1) is 18.0 Å². The summed E-state index contributed by atoms with van der Waals surface area (Å²) in [5.41, 5.74) is 2.96. The Balaban J connectivity index is 1.62. The molecular formula is C16H17N5O2. The number of nitrogens with one attached hydrogen (secondary N) is 3. The number of nitrogens with zero attached hydrogens (tertiary/aromatic N) is 2. The second-order valence-electron chi connectivity index (χ2n) is 5.14. The van der Waals surface area contributed by atoms with Crippen molar-refractivity contribution in [3.05, 3.63) is 47.7 Å². The van der Waals surface area contributed by atoms with Gasteiger partial charge in [-0.05, 0) is 12.5 Å². The number of benzene rings is 1. The number of amides is 2. The van der Waals surface area contributed by atoms with E-state index in [4.69, 9.17) is 4.74 Å². The number of aryl methyl sites for hydroxylation is 1. The van der Waals surface area contributed by atoms with Crippen LogP contribution in [0, 0.1) is 6.92 Å². The van der Waals surface area contributed by atoms with Crippen LogP contribution >= 0.6 is 0 Å². The van der Waals surface area contributed by atoms with Crippen LogP contribution in [0.25, 0.3) is 10.9 Å². The van der Waals surface area contributed by atoms with Gasteiger partial charge in [-0.3, -0.25) is 10.4 Å². The Morgan fingerprint density at radius 3 is 2.83 bits per heavy atom. The summed E-state index contributed by atoms with van der Waals surface area (Å²) in [6, 6.07) is 9.37. The number of hydrogen-bond acceptors (Lipinski definition) is 4. The number of carbonyl (C=O) groups is 1. The first-order valence-corrected chi connectivity index (χ1v) is 7.14. The van der Waals surface area contributed by atoms with Gasteiger partial charge in [-0.15, -0.1) is 5.10 Å². The molecule has 0 bridgehead atoms. The fourth-order valence-electron chi connectivity index (χ4n) is 2.16. The molecule has 0 aliphatic carbocycles. The van der Waals surface area contributed by atoms with Gasteiger partial charge in [0.1, 0.15) is 5.82 Å². The summed E-state index contributed by atoms with van der Waals surface area (Å²) in [5, 5.41) is 13.1. The zero-order valence-electron chi connectivity index (χ0n) is 12.9. The van der Waals surface area contributed by atoms with E-state index in [-0.39, 0.29) is 6.03 Å². The normalized spacial score (nSPS) is 10.5. The van der Waals surface area contributed by atoms with Crippen molar-refractivity contribution in [3.8, 4) is 5.88 Å². The van der Waals surface area contributed by atoms with Gasteiger partial charge in [-0.25, -0.2) is 9.78 Å². The van der Waals surface area contributed by atoms with E-state index >= 15 is 0 Å². The Kier molecular flexibility index (Phi) is 4.09. The van der Waals surface area contributed by atoms with Crippen molar-refractivity contribution in [1.29, 1.82) is 0 Å². The van der Waals surface area contributed by atoms with Crippen molar-refractivity contribution in [3.63, 3.8) is 0 Å². The molecule has 23 heavy (non-hydrogen) atoms. The van der Waals surface area contributed by atoms with E-state index in [0.717, 1.165) is 16.5 Å². The maximum atomic E-state index is 11.9. The Morgan fingerprint density at radius 2 is 2.09 bits per heavy atom.